The van der Waals surface area contributed by atoms with E-state index < -0.39 is 9.84 Å². The Labute approximate surface area is 166 Å². The quantitative estimate of drug-likeness (QED) is 0.691. The van der Waals surface area contributed by atoms with E-state index in [1.165, 1.54) is 17.5 Å². The van der Waals surface area contributed by atoms with Gasteiger partial charge in [-0.1, -0.05) is 24.3 Å². The van der Waals surface area contributed by atoms with Crippen LogP contribution in [-0.4, -0.2) is 62.3 Å². The molecule has 2 aromatic carbocycles. The fourth-order valence-corrected chi connectivity index (χ4v) is 4.37. The van der Waals surface area contributed by atoms with E-state index in [4.69, 9.17) is 0 Å². The van der Waals surface area contributed by atoms with E-state index in [1.54, 1.807) is 0 Å². The van der Waals surface area contributed by atoms with Gasteiger partial charge in [0.05, 0.1) is 11.0 Å². The average molecular weight is 399 g/mol. The number of hydrogen-bond acceptors (Lipinski definition) is 5. The van der Waals surface area contributed by atoms with Crippen LogP contribution in [0, 0.1) is 0 Å². The zero-order valence-electron chi connectivity index (χ0n) is 16.1. The van der Waals surface area contributed by atoms with Gasteiger partial charge >= 0.3 is 0 Å². The number of hydrogen-bond donors (Lipinski definition) is 1. The Balaban J connectivity index is 1.33. The van der Waals surface area contributed by atoms with Gasteiger partial charge in [0.2, 0.25) is 0 Å². The summed E-state index contributed by atoms with van der Waals surface area (Å²) in [6.45, 7) is 5.27. The Morgan fingerprint density at radius 3 is 2.50 bits per heavy atom. The summed E-state index contributed by atoms with van der Waals surface area (Å²) < 4.78 is 22.9. The number of fused-ring (bicyclic) bond motifs is 1. The molecular formula is C21H26N4O2S. The molecule has 1 saturated heterocycles. The summed E-state index contributed by atoms with van der Waals surface area (Å²) >= 11 is 0. The maximum atomic E-state index is 11.5. The summed E-state index contributed by atoms with van der Waals surface area (Å²) in [5, 5.41) is 0. The summed E-state index contributed by atoms with van der Waals surface area (Å²) in [5.74, 6) is 0.453. The van der Waals surface area contributed by atoms with Gasteiger partial charge in [-0.3, -0.25) is 4.90 Å². The second-order valence-electron chi connectivity index (χ2n) is 7.52. The summed E-state index contributed by atoms with van der Waals surface area (Å²) in [4.78, 5) is 12.5. The number of nitrogens with one attached hydrogen (secondary N) is 1. The number of sulfone groups is 1. The number of piperazine rings is 1. The molecule has 0 unspecified atom stereocenters. The molecule has 7 heteroatoms. The van der Waals surface area contributed by atoms with E-state index in [0.717, 1.165) is 50.2 Å². The zero-order chi connectivity index (χ0) is 19.6. The van der Waals surface area contributed by atoms with Crippen molar-refractivity contribution in [2.45, 2.75) is 12.2 Å². The van der Waals surface area contributed by atoms with E-state index in [2.05, 4.69) is 62.2 Å². The molecule has 148 valence electrons. The van der Waals surface area contributed by atoms with Crippen LogP contribution in [0.1, 0.15) is 11.4 Å². The van der Waals surface area contributed by atoms with Gasteiger partial charge in [-0.05, 0) is 36.2 Å². The minimum Gasteiger partial charge on any atom is -0.369 e. The number of imidazole rings is 1. The van der Waals surface area contributed by atoms with Crippen LogP contribution in [0.4, 0.5) is 5.69 Å². The predicted octanol–water partition coefficient (Wildman–Crippen LogP) is 2.47. The number of nitrogens with zero attached hydrogens (tertiary/aromatic N) is 3. The second-order valence-corrected chi connectivity index (χ2v) is 9.66. The Kier molecular flexibility index (Phi) is 5.37. The zero-order valence-corrected chi connectivity index (χ0v) is 17.0. The highest BCUT2D eigenvalue weighted by Crippen LogP contribution is 2.18. The molecule has 1 aromatic heterocycles. The van der Waals surface area contributed by atoms with E-state index >= 15 is 0 Å². The lowest BCUT2D eigenvalue weighted by Gasteiger charge is -2.36. The molecule has 1 fully saturated rings. The number of aromatic amines is 1. The smallest absolute Gasteiger partial charge is 0.154 e. The number of para-hydroxylation sites is 1. The molecule has 0 amide bonds. The molecule has 1 aliphatic heterocycles. The molecule has 3 aromatic rings. The molecular weight excluding hydrogens is 372 g/mol. The Bertz CT molecular complexity index is 1040. The van der Waals surface area contributed by atoms with Crippen molar-refractivity contribution in [1.29, 1.82) is 0 Å². The van der Waals surface area contributed by atoms with Crippen molar-refractivity contribution in [2.75, 3.05) is 43.9 Å². The van der Waals surface area contributed by atoms with E-state index in [9.17, 15) is 8.42 Å². The second kappa shape index (κ2) is 7.93. The molecule has 1 aliphatic rings. The van der Waals surface area contributed by atoms with Crippen LogP contribution in [0.3, 0.4) is 0 Å². The minimum atomic E-state index is -3.09. The number of benzene rings is 2. The SMILES string of the molecule is CS(=O)(=O)Cc1nc2ccc(CCN3CCN(c4ccccc4)CC3)cc2[nH]1. The monoisotopic (exact) mass is 398 g/mol. The highest BCUT2D eigenvalue weighted by atomic mass is 32.2. The lowest BCUT2D eigenvalue weighted by atomic mass is 10.1. The Hall–Kier alpha value is -2.38. The van der Waals surface area contributed by atoms with Gasteiger partial charge in [-0.25, -0.2) is 13.4 Å². The Morgan fingerprint density at radius 2 is 1.79 bits per heavy atom. The predicted molar refractivity (Wildman–Crippen MR) is 113 cm³/mol. The summed E-state index contributed by atoms with van der Waals surface area (Å²) in [6.07, 6.45) is 2.20. The highest BCUT2D eigenvalue weighted by molar-refractivity contribution is 7.89. The lowest BCUT2D eigenvalue weighted by molar-refractivity contribution is 0.261. The molecule has 4 rings (SSSR count). The van der Waals surface area contributed by atoms with Crippen molar-refractivity contribution >= 4 is 26.6 Å². The summed E-state index contributed by atoms with van der Waals surface area (Å²) in [7, 11) is -3.09. The average Bonchev–Trinajstić information content (AvgIpc) is 3.07. The van der Waals surface area contributed by atoms with E-state index in [-0.39, 0.29) is 5.75 Å². The van der Waals surface area contributed by atoms with Gasteiger partial charge in [0.25, 0.3) is 0 Å². The Morgan fingerprint density at radius 1 is 1.04 bits per heavy atom. The normalized spacial score (nSPS) is 16.0. The standard InChI is InChI=1S/C21H26N4O2S/c1-28(26,27)16-21-22-19-8-7-17(15-20(19)23-21)9-10-24-11-13-25(14-12-24)18-5-3-2-4-6-18/h2-8,15H,9-14,16H2,1H3,(H,22,23). The first-order valence-corrected chi connectivity index (χ1v) is 11.7. The van der Waals surface area contributed by atoms with Gasteiger partial charge in [0.1, 0.15) is 11.6 Å². The molecule has 0 aliphatic carbocycles. The third kappa shape index (κ3) is 4.72. The van der Waals surface area contributed by atoms with Gasteiger partial charge < -0.3 is 9.88 Å². The molecule has 28 heavy (non-hydrogen) atoms. The number of aromatic nitrogens is 2. The van der Waals surface area contributed by atoms with Crippen molar-refractivity contribution < 1.29 is 8.42 Å². The van der Waals surface area contributed by atoms with Crippen LogP contribution in [0.25, 0.3) is 11.0 Å². The molecule has 2 heterocycles. The van der Waals surface area contributed by atoms with Crippen LogP contribution in [0.2, 0.25) is 0 Å². The fraction of sp³-hybridized carbons (Fsp3) is 0.381. The molecule has 0 saturated carbocycles. The number of H-pyrrole nitrogens is 1. The summed E-state index contributed by atoms with van der Waals surface area (Å²) in [5.41, 5.74) is 4.27. The van der Waals surface area contributed by atoms with Crippen molar-refractivity contribution in [2.24, 2.45) is 0 Å². The highest BCUT2D eigenvalue weighted by Gasteiger charge is 2.17. The maximum Gasteiger partial charge on any atom is 0.154 e. The maximum absolute atomic E-state index is 11.5. The van der Waals surface area contributed by atoms with Crippen LogP contribution >= 0.6 is 0 Å². The van der Waals surface area contributed by atoms with E-state index in [1.807, 2.05) is 6.07 Å². The van der Waals surface area contributed by atoms with Crippen LogP contribution in [0.5, 0.6) is 0 Å². The minimum absolute atomic E-state index is 0.0529. The molecule has 0 bridgehead atoms. The largest absolute Gasteiger partial charge is 0.369 e. The van der Waals surface area contributed by atoms with Crippen molar-refractivity contribution in [3.8, 4) is 0 Å². The topological polar surface area (TPSA) is 69.3 Å². The first-order chi connectivity index (χ1) is 13.5. The fourth-order valence-electron chi connectivity index (χ4n) is 3.74. The van der Waals surface area contributed by atoms with Gasteiger partial charge in [0.15, 0.2) is 9.84 Å². The number of anilines is 1. The third-order valence-electron chi connectivity index (χ3n) is 5.20. The van der Waals surface area contributed by atoms with E-state index in [0.29, 0.717) is 5.82 Å². The van der Waals surface area contributed by atoms with Gasteiger partial charge in [0, 0.05) is 44.7 Å². The molecule has 0 spiro atoms. The van der Waals surface area contributed by atoms with Crippen molar-refractivity contribution in [3.63, 3.8) is 0 Å². The molecule has 0 radical (unpaired) electrons. The van der Waals surface area contributed by atoms with Crippen molar-refractivity contribution in [1.82, 2.24) is 14.9 Å². The van der Waals surface area contributed by atoms with Gasteiger partial charge in [-0.15, -0.1) is 0 Å². The lowest BCUT2D eigenvalue weighted by Crippen LogP contribution is -2.46. The first kappa shape index (κ1) is 19.0. The van der Waals surface area contributed by atoms with Crippen molar-refractivity contribution in [3.05, 3.63) is 59.9 Å². The van der Waals surface area contributed by atoms with Crippen LogP contribution in [-0.2, 0) is 22.0 Å². The summed E-state index contributed by atoms with van der Waals surface area (Å²) in [6, 6.07) is 16.7. The third-order valence-corrected chi connectivity index (χ3v) is 6.00. The first-order valence-electron chi connectivity index (χ1n) is 9.64. The van der Waals surface area contributed by atoms with Gasteiger partial charge in [-0.2, -0.15) is 0 Å². The van der Waals surface area contributed by atoms with Crippen LogP contribution in [0.15, 0.2) is 48.5 Å². The number of rotatable bonds is 6. The molecule has 6 nitrogen and oxygen atoms in total. The molecule has 0 atom stereocenters. The molecule has 1 N–H and O–H groups in total. The van der Waals surface area contributed by atoms with Crippen LogP contribution < -0.4 is 4.90 Å².